The Morgan fingerprint density at radius 1 is 1.47 bits per heavy atom. The van der Waals surface area contributed by atoms with Gasteiger partial charge in [0.2, 0.25) is 0 Å². The fraction of sp³-hybridized carbons (Fsp3) is 0.462. The summed E-state index contributed by atoms with van der Waals surface area (Å²) < 4.78 is 0. The van der Waals surface area contributed by atoms with Gasteiger partial charge in [0.15, 0.2) is 0 Å². The van der Waals surface area contributed by atoms with Crippen molar-refractivity contribution in [1.29, 1.82) is 0 Å². The van der Waals surface area contributed by atoms with E-state index in [0.717, 1.165) is 12.0 Å². The van der Waals surface area contributed by atoms with E-state index >= 15 is 0 Å². The molecule has 19 heavy (non-hydrogen) atoms. The lowest BCUT2D eigenvalue weighted by Gasteiger charge is -2.29. The Morgan fingerprint density at radius 3 is 2.58 bits per heavy atom. The van der Waals surface area contributed by atoms with Gasteiger partial charge in [-0.15, -0.1) is 0 Å². The van der Waals surface area contributed by atoms with E-state index in [0.29, 0.717) is 5.69 Å². The van der Waals surface area contributed by atoms with Gasteiger partial charge in [-0.2, -0.15) is 0 Å². The number of nitro groups is 1. The Morgan fingerprint density at radius 2 is 2.11 bits per heavy atom. The van der Waals surface area contributed by atoms with Gasteiger partial charge in [0.25, 0.3) is 5.69 Å². The van der Waals surface area contributed by atoms with E-state index in [1.54, 1.807) is 17.9 Å². The number of aryl methyl sites for hydroxylation is 1. The van der Waals surface area contributed by atoms with Crippen LogP contribution in [0.2, 0.25) is 0 Å². The van der Waals surface area contributed by atoms with E-state index in [4.69, 9.17) is 5.11 Å². The first-order valence-corrected chi connectivity index (χ1v) is 6.09. The summed E-state index contributed by atoms with van der Waals surface area (Å²) in [5, 5.41) is 19.8. The summed E-state index contributed by atoms with van der Waals surface area (Å²) in [5.41, 5.74) is 1.29. The van der Waals surface area contributed by atoms with Crippen LogP contribution in [-0.2, 0) is 4.79 Å². The lowest BCUT2D eigenvalue weighted by atomic mass is 10.1. The highest BCUT2D eigenvalue weighted by Gasteiger charge is 2.19. The maximum absolute atomic E-state index is 10.9. The molecule has 0 spiro atoms. The van der Waals surface area contributed by atoms with Gasteiger partial charge in [0.1, 0.15) is 6.54 Å². The predicted octanol–water partition coefficient (Wildman–Crippen LogP) is 2.59. The zero-order valence-electron chi connectivity index (χ0n) is 11.3. The van der Waals surface area contributed by atoms with Crippen molar-refractivity contribution in [2.75, 3.05) is 11.4 Å². The van der Waals surface area contributed by atoms with Crippen LogP contribution in [0, 0.1) is 17.0 Å². The summed E-state index contributed by atoms with van der Waals surface area (Å²) in [7, 11) is 0. The van der Waals surface area contributed by atoms with E-state index in [1.807, 2.05) is 13.8 Å². The number of carboxylic acids is 1. The second-order valence-electron chi connectivity index (χ2n) is 4.56. The molecule has 0 fully saturated rings. The molecule has 0 aliphatic carbocycles. The molecule has 1 unspecified atom stereocenters. The van der Waals surface area contributed by atoms with Crippen LogP contribution in [0.25, 0.3) is 0 Å². The van der Waals surface area contributed by atoms with Crippen LogP contribution in [0.15, 0.2) is 18.2 Å². The molecular formula is C13H18N2O4. The first kappa shape index (κ1) is 14.9. The minimum absolute atomic E-state index is 0.00231. The van der Waals surface area contributed by atoms with Gasteiger partial charge in [0, 0.05) is 23.9 Å². The highest BCUT2D eigenvalue weighted by Crippen LogP contribution is 2.25. The Kier molecular flexibility index (Phi) is 4.86. The molecule has 1 aromatic rings. The van der Waals surface area contributed by atoms with E-state index in [2.05, 4.69) is 0 Å². The van der Waals surface area contributed by atoms with Crippen molar-refractivity contribution in [2.24, 2.45) is 0 Å². The van der Waals surface area contributed by atoms with E-state index < -0.39 is 10.9 Å². The summed E-state index contributed by atoms with van der Waals surface area (Å²) in [4.78, 5) is 23.0. The summed E-state index contributed by atoms with van der Waals surface area (Å²) in [6.07, 6.45) is 0.759. The number of carbonyl (C=O) groups is 1. The minimum Gasteiger partial charge on any atom is -0.480 e. The highest BCUT2D eigenvalue weighted by atomic mass is 16.6. The molecule has 0 aliphatic heterocycles. The van der Waals surface area contributed by atoms with Crippen molar-refractivity contribution in [1.82, 2.24) is 0 Å². The molecule has 0 bridgehead atoms. The third-order valence-corrected chi connectivity index (χ3v) is 3.02. The minimum atomic E-state index is -0.954. The molecule has 0 heterocycles. The molecule has 1 aromatic carbocycles. The Labute approximate surface area is 111 Å². The van der Waals surface area contributed by atoms with E-state index in [-0.39, 0.29) is 18.3 Å². The molecule has 6 heteroatoms. The topological polar surface area (TPSA) is 83.7 Å². The number of non-ortho nitro benzene ring substituents is 1. The Bertz CT molecular complexity index is 488. The van der Waals surface area contributed by atoms with Crippen LogP contribution < -0.4 is 4.90 Å². The normalized spacial score (nSPS) is 11.9. The summed E-state index contributed by atoms with van der Waals surface area (Å²) in [6.45, 7) is 5.43. The van der Waals surface area contributed by atoms with Gasteiger partial charge in [-0.3, -0.25) is 14.9 Å². The van der Waals surface area contributed by atoms with Gasteiger partial charge < -0.3 is 10.0 Å². The molecule has 0 radical (unpaired) electrons. The Balaban J connectivity index is 3.21. The maximum atomic E-state index is 10.9. The number of hydrogen-bond donors (Lipinski definition) is 1. The zero-order valence-corrected chi connectivity index (χ0v) is 11.3. The SMILES string of the molecule is CCC(C)N(CC(=O)O)c1cc(C)cc([N+](=O)[O-])c1. The number of hydrogen-bond acceptors (Lipinski definition) is 4. The standard InChI is InChI=1S/C13H18N2O4/c1-4-10(3)14(8-13(16)17)11-5-9(2)6-12(7-11)15(18)19/h5-7,10H,4,8H2,1-3H3,(H,16,17). The summed E-state index contributed by atoms with van der Waals surface area (Å²) >= 11 is 0. The third kappa shape index (κ3) is 3.94. The fourth-order valence-electron chi connectivity index (χ4n) is 1.88. The third-order valence-electron chi connectivity index (χ3n) is 3.02. The van der Waals surface area contributed by atoms with Crippen molar-refractivity contribution in [3.05, 3.63) is 33.9 Å². The Hall–Kier alpha value is -2.11. The molecule has 1 atom stereocenters. The predicted molar refractivity (Wildman–Crippen MR) is 72.6 cm³/mol. The molecule has 0 aliphatic rings. The molecule has 0 saturated carbocycles. The van der Waals surface area contributed by atoms with Crippen molar-refractivity contribution in [3.8, 4) is 0 Å². The van der Waals surface area contributed by atoms with E-state index in [1.165, 1.54) is 12.1 Å². The average Bonchev–Trinajstić information content (AvgIpc) is 2.33. The molecule has 1 rings (SSSR count). The molecule has 0 saturated heterocycles. The molecular weight excluding hydrogens is 248 g/mol. The lowest BCUT2D eigenvalue weighted by Crippen LogP contribution is -2.37. The monoisotopic (exact) mass is 266 g/mol. The largest absolute Gasteiger partial charge is 0.480 e. The number of aliphatic carboxylic acids is 1. The second-order valence-corrected chi connectivity index (χ2v) is 4.56. The zero-order chi connectivity index (χ0) is 14.6. The number of carboxylic acid groups (broad SMARTS) is 1. The number of nitrogens with zero attached hydrogens (tertiary/aromatic N) is 2. The highest BCUT2D eigenvalue weighted by molar-refractivity contribution is 5.74. The first-order chi connectivity index (χ1) is 8.85. The average molecular weight is 266 g/mol. The van der Waals surface area contributed by atoms with Crippen LogP contribution in [0.3, 0.4) is 0 Å². The first-order valence-electron chi connectivity index (χ1n) is 6.09. The van der Waals surface area contributed by atoms with Gasteiger partial charge in [-0.25, -0.2) is 0 Å². The van der Waals surface area contributed by atoms with Crippen molar-refractivity contribution >= 4 is 17.3 Å². The molecule has 6 nitrogen and oxygen atoms in total. The van der Waals surface area contributed by atoms with Crippen LogP contribution >= 0.6 is 0 Å². The molecule has 104 valence electrons. The van der Waals surface area contributed by atoms with Gasteiger partial charge >= 0.3 is 5.97 Å². The van der Waals surface area contributed by atoms with Gasteiger partial charge in [-0.05, 0) is 31.9 Å². The number of nitro benzene ring substituents is 1. The van der Waals surface area contributed by atoms with Crippen LogP contribution in [0.4, 0.5) is 11.4 Å². The fourth-order valence-corrected chi connectivity index (χ4v) is 1.88. The van der Waals surface area contributed by atoms with Crippen LogP contribution in [0.1, 0.15) is 25.8 Å². The van der Waals surface area contributed by atoms with Crippen LogP contribution in [0.5, 0.6) is 0 Å². The quantitative estimate of drug-likeness (QED) is 0.632. The molecule has 1 N–H and O–H groups in total. The lowest BCUT2D eigenvalue weighted by molar-refractivity contribution is -0.384. The summed E-state index contributed by atoms with van der Waals surface area (Å²) in [5.74, 6) is -0.954. The number of benzene rings is 1. The summed E-state index contributed by atoms with van der Waals surface area (Å²) in [6, 6.07) is 4.65. The van der Waals surface area contributed by atoms with Gasteiger partial charge in [0.05, 0.1) is 4.92 Å². The molecule has 0 amide bonds. The van der Waals surface area contributed by atoms with Crippen molar-refractivity contribution < 1.29 is 14.8 Å². The van der Waals surface area contributed by atoms with E-state index in [9.17, 15) is 14.9 Å². The number of rotatable bonds is 6. The van der Waals surface area contributed by atoms with Crippen LogP contribution in [-0.4, -0.2) is 28.6 Å². The van der Waals surface area contributed by atoms with Gasteiger partial charge in [-0.1, -0.05) is 6.92 Å². The number of anilines is 1. The maximum Gasteiger partial charge on any atom is 0.323 e. The van der Waals surface area contributed by atoms with Crippen molar-refractivity contribution in [2.45, 2.75) is 33.2 Å². The van der Waals surface area contributed by atoms with Crippen molar-refractivity contribution in [3.63, 3.8) is 0 Å². The second kappa shape index (κ2) is 6.17. The molecule has 0 aromatic heterocycles. The smallest absolute Gasteiger partial charge is 0.323 e.